The van der Waals surface area contributed by atoms with Crippen LogP contribution in [0.5, 0.6) is 0 Å². The molecule has 66 valence electrons. The van der Waals surface area contributed by atoms with Crippen LogP contribution in [-0.2, 0) is 6.42 Å². The number of rotatable bonds is 2. The van der Waals surface area contributed by atoms with E-state index in [0.29, 0.717) is 0 Å². The second kappa shape index (κ2) is 4.06. The maximum Gasteiger partial charge on any atom is 0.0180 e. The van der Waals surface area contributed by atoms with Gasteiger partial charge in [0.05, 0.1) is 0 Å². The lowest BCUT2D eigenvalue weighted by atomic mass is 10.0. The van der Waals surface area contributed by atoms with Crippen LogP contribution in [0.4, 0.5) is 0 Å². The second-order valence-electron chi connectivity index (χ2n) is 3.05. The predicted octanol–water partition coefficient (Wildman–Crippen LogP) is 2.57. The van der Waals surface area contributed by atoms with Gasteiger partial charge in [-0.2, -0.15) is 0 Å². The largest absolute Gasteiger partial charge is 0.330 e. The smallest absolute Gasteiger partial charge is 0.0180 e. The highest BCUT2D eigenvalue weighted by atomic mass is 79.9. The molecule has 0 saturated heterocycles. The van der Waals surface area contributed by atoms with Gasteiger partial charge in [0.25, 0.3) is 0 Å². The van der Waals surface area contributed by atoms with Gasteiger partial charge in [-0.15, -0.1) is 0 Å². The van der Waals surface area contributed by atoms with Crippen LogP contribution in [0.15, 0.2) is 16.6 Å². The average molecular weight is 228 g/mol. The molecule has 0 atom stereocenters. The molecular formula is C10H14BrN. The van der Waals surface area contributed by atoms with Crippen LogP contribution >= 0.6 is 15.9 Å². The minimum absolute atomic E-state index is 0.719. The molecule has 0 aromatic heterocycles. The van der Waals surface area contributed by atoms with E-state index in [1.165, 1.54) is 16.7 Å². The van der Waals surface area contributed by atoms with Gasteiger partial charge in [0, 0.05) is 4.47 Å². The molecule has 12 heavy (non-hydrogen) atoms. The van der Waals surface area contributed by atoms with Crippen molar-refractivity contribution >= 4 is 15.9 Å². The molecule has 0 aliphatic heterocycles. The Morgan fingerprint density at radius 3 is 2.58 bits per heavy atom. The summed E-state index contributed by atoms with van der Waals surface area (Å²) in [5, 5.41) is 0. The van der Waals surface area contributed by atoms with E-state index in [4.69, 9.17) is 5.73 Å². The highest BCUT2D eigenvalue weighted by molar-refractivity contribution is 9.10. The summed E-state index contributed by atoms with van der Waals surface area (Å²) in [6.45, 7) is 4.99. The third-order valence-electron chi connectivity index (χ3n) is 2.15. The van der Waals surface area contributed by atoms with Gasteiger partial charge in [-0.25, -0.2) is 0 Å². The van der Waals surface area contributed by atoms with Crippen molar-refractivity contribution in [2.24, 2.45) is 5.73 Å². The number of hydrogen-bond acceptors (Lipinski definition) is 1. The van der Waals surface area contributed by atoms with Crippen molar-refractivity contribution in [1.82, 2.24) is 0 Å². The molecule has 2 N–H and O–H groups in total. The van der Waals surface area contributed by atoms with Crippen LogP contribution in [-0.4, -0.2) is 6.54 Å². The van der Waals surface area contributed by atoms with E-state index in [1.54, 1.807) is 0 Å². The van der Waals surface area contributed by atoms with Crippen LogP contribution in [0.2, 0.25) is 0 Å². The SMILES string of the molecule is Cc1cc(Br)cc(CCN)c1C. The van der Waals surface area contributed by atoms with Crippen molar-refractivity contribution in [3.8, 4) is 0 Å². The summed E-state index contributed by atoms with van der Waals surface area (Å²) in [5.41, 5.74) is 9.56. The molecule has 0 fully saturated rings. The molecule has 1 aromatic rings. The monoisotopic (exact) mass is 227 g/mol. The Hall–Kier alpha value is -0.340. The zero-order valence-corrected chi connectivity index (χ0v) is 9.11. The molecule has 0 bridgehead atoms. The van der Waals surface area contributed by atoms with Crippen molar-refractivity contribution in [1.29, 1.82) is 0 Å². The Balaban J connectivity index is 3.09. The minimum atomic E-state index is 0.719. The zero-order valence-electron chi connectivity index (χ0n) is 7.52. The van der Waals surface area contributed by atoms with Gasteiger partial charge in [0.15, 0.2) is 0 Å². The fourth-order valence-corrected chi connectivity index (χ4v) is 1.92. The first-order valence-corrected chi connectivity index (χ1v) is 4.90. The molecule has 0 saturated carbocycles. The molecule has 0 aliphatic carbocycles. The van der Waals surface area contributed by atoms with Crippen molar-refractivity contribution in [3.05, 3.63) is 33.3 Å². The summed E-state index contributed by atoms with van der Waals surface area (Å²) >= 11 is 3.48. The van der Waals surface area contributed by atoms with E-state index < -0.39 is 0 Å². The minimum Gasteiger partial charge on any atom is -0.330 e. The highest BCUT2D eigenvalue weighted by Gasteiger charge is 2.01. The molecule has 0 amide bonds. The van der Waals surface area contributed by atoms with Gasteiger partial charge in [-0.1, -0.05) is 15.9 Å². The van der Waals surface area contributed by atoms with Crippen LogP contribution in [0.3, 0.4) is 0 Å². The topological polar surface area (TPSA) is 26.0 Å². The van der Waals surface area contributed by atoms with E-state index in [2.05, 4.69) is 41.9 Å². The van der Waals surface area contributed by atoms with Crippen LogP contribution < -0.4 is 5.73 Å². The number of benzene rings is 1. The van der Waals surface area contributed by atoms with Crippen LogP contribution in [0.1, 0.15) is 16.7 Å². The van der Waals surface area contributed by atoms with Crippen LogP contribution in [0.25, 0.3) is 0 Å². The normalized spacial score (nSPS) is 10.3. The fraction of sp³-hybridized carbons (Fsp3) is 0.400. The summed E-state index contributed by atoms with van der Waals surface area (Å²) in [4.78, 5) is 0. The first-order chi connectivity index (χ1) is 5.65. The summed E-state index contributed by atoms with van der Waals surface area (Å²) in [5.74, 6) is 0. The first-order valence-electron chi connectivity index (χ1n) is 4.11. The second-order valence-corrected chi connectivity index (χ2v) is 3.96. The lowest BCUT2D eigenvalue weighted by Gasteiger charge is -2.08. The van der Waals surface area contributed by atoms with Gasteiger partial charge in [0.1, 0.15) is 0 Å². The molecule has 0 radical (unpaired) electrons. The molecule has 1 aromatic carbocycles. The first kappa shape index (κ1) is 9.75. The molecule has 1 rings (SSSR count). The number of nitrogens with two attached hydrogens (primary N) is 1. The molecule has 0 heterocycles. The molecule has 1 nitrogen and oxygen atoms in total. The molecule has 0 unspecified atom stereocenters. The van der Waals surface area contributed by atoms with E-state index in [9.17, 15) is 0 Å². The Morgan fingerprint density at radius 1 is 1.33 bits per heavy atom. The number of halogens is 1. The van der Waals surface area contributed by atoms with Crippen LogP contribution in [0, 0.1) is 13.8 Å². The predicted molar refractivity (Wildman–Crippen MR) is 56.4 cm³/mol. The van der Waals surface area contributed by atoms with Crippen molar-refractivity contribution < 1.29 is 0 Å². The lowest BCUT2D eigenvalue weighted by Crippen LogP contribution is -2.04. The van der Waals surface area contributed by atoms with Gasteiger partial charge in [-0.05, 0) is 55.6 Å². The molecule has 0 aliphatic rings. The van der Waals surface area contributed by atoms with Gasteiger partial charge >= 0.3 is 0 Å². The third kappa shape index (κ3) is 2.08. The van der Waals surface area contributed by atoms with Crippen molar-refractivity contribution in [3.63, 3.8) is 0 Å². The summed E-state index contributed by atoms with van der Waals surface area (Å²) in [6.07, 6.45) is 0.964. The Kier molecular flexibility index (Phi) is 3.29. The summed E-state index contributed by atoms with van der Waals surface area (Å²) in [7, 11) is 0. The van der Waals surface area contributed by atoms with Gasteiger partial charge in [0.2, 0.25) is 0 Å². The maximum absolute atomic E-state index is 5.51. The Bertz CT molecular complexity index is 281. The van der Waals surface area contributed by atoms with E-state index >= 15 is 0 Å². The standard InChI is InChI=1S/C10H14BrN/c1-7-5-10(11)6-9(3-4-12)8(7)2/h5-6H,3-4,12H2,1-2H3. The summed E-state index contributed by atoms with van der Waals surface area (Å²) < 4.78 is 1.15. The van der Waals surface area contributed by atoms with E-state index in [-0.39, 0.29) is 0 Å². The van der Waals surface area contributed by atoms with Gasteiger partial charge in [-0.3, -0.25) is 0 Å². The van der Waals surface area contributed by atoms with Gasteiger partial charge < -0.3 is 5.73 Å². The fourth-order valence-electron chi connectivity index (χ4n) is 1.30. The maximum atomic E-state index is 5.51. The quantitative estimate of drug-likeness (QED) is 0.827. The van der Waals surface area contributed by atoms with Crippen molar-refractivity contribution in [2.45, 2.75) is 20.3 Å². The average Bonchev–Trinajstić information content (AvgIpc) is 2.00. The molecular weight excluding hydrogens is 214 g/mol. The molecule has 2 heteroatoms. The van der Waals surface area contributed by atoms with E-state index in [1.807, 2.05) is 0 Å². The third-order valence-corrected chi connectivity index (χ3v) is 2.61. The van der Waals surface area contributed by atoms with Crippen molar-refractivity contribution in [2.75, 3.05) is 6.54 Å². The Labute approximate surface area is 82.1 Å². The number of aryl methyl sites for hydroxylation is 1. The summed E-state index contributed by atoms with van der Waals surface area (Å²) in [6, 6.07) is 4.28. The number of hydrogen-bond donors (Lipinski definition) is 1. The Morgan fingerprint density at radius 2 is 2.00 bits per heavy atom. The molecule has 0 spiro atoms. The lowest BCUT2D eigenvalue weighted by molar-refractivity contribution is 0.953. The van der Waals surface area contributed by atoms with E-state index in [0.717, 1.165) is 17.4 Å². The zero-order chi connectivity index (χ0) is 9.14. The highest BCUT2D eigenvalue weighted by Crippen LogP contribution is 2.20.